The molecule has 0 bridgehead atoms. The van der Waals surface area contributed by atoms with Crippen molar-refractivity contribution in [3.63, 3.8) is 0 Å². The van der Waals surface area contributed by atoms with E-state index in [9.17, 15) is 0 Å². The zero-order valence-electron chi connectivity index (χ0n) is 12.0. The topological polar surface area (TPSA) is 36.4 Å². The molecule has 17 heavy (non-hydrogen) atoms. The summed E-state index contributed by atoms with van der Waals surface area (Å²) in [5.74, 6) is 1.75. The third kappa shape index (κ3) is 4.57. The molecule has 0 aromatic carbocycles. The summed E-state index contributed by atoms with van der Waals surface area (Å²) < 4.78 is 0. The Balaban J connectivity index is 2.36. The van der Waals surface area contributed by atoms with Crippen LogP contribution in [0.3, 0.4) is 0 Å². The van der Waals surface area contributed by atoms with Gasteiger partial charge in [-0.15, -0.1) is 0 Å². The minimum Gasteiger partial charge on any atom is -0.356 e. The van der Waals surface area contributed by atoms with Gasteiger partial charge in [-0.25, -0.2) is 0 Å². The lowest BCUT2D eigenvalue weighted by Gasteiger charge is -2.43. The van der Waals surface area contributed by atoms with Gasteiger partial charge < -0.3 is 10.6 Å². The summed E-state index contributed by atoms with van der Waals surface area (Å²) in [6, 6.07) is 0. The fourth-order valence-corrected chi connectivity index (χ4v) is 2.73. The molecule has 0 saturated heterocycles. The van der Waals surface area contributed by atoms with Crippen molar-refractivity contribution in [3.8, 4) is 0 Å². The summed E-state index contributed by atoms with van der Waals surface area (Å²) in [5.41, 5.74) is 0.540. The summed E-state index contributed by atoms with van der Waals surface area (Å²) in [7, 11) is 1.85. The first kappa shape index (κ1) is 14.3. The van der Waals surface area contributed by atoms with E-state index in [4.69, 9.17) is 0 Å². The minimum atomic E-state index is 0.540. The molecule has 0 heterocycles. The van der Waals surface area contributed by atoms with Crippen LogP contribution < -0.4 is 10.6 Å². The molecule has 0 amide bonds. The number of hydrogen-bond donors (Lipinski definition) is 2. The van der Waals surface area contributed by atoms with Gasteiger partial charge in [-0.1, -0.05) is 27.2 Å². The summed E-state index contributed by atoms with van der Waals surface area (Å²) >= 11 is 0. The lowest BCUT2D eigenvalue weighted by atomic mass is 9.64. The Hall–Kier alpha value is -0.730. The Morgan fingerprint density at radius 3 is 2.41 bits per heavy atom. The van der Waals surface area contributed by atoms with E-state index in [-0.39, 0.29) is 0 Å². The molecule has 1 aliphatic carbocycles. The molecule has 0 aromatic heterocycles. The number of nitrogens with one attached hydrogen (secondary N) is 2. The first-order valence-electron chi connectivity index (χ1n) is 7.06. The molecular weight excluding hydrogens is 210 g/mol. The Kier molecular flexibility index (Phi) is 5.79. The van der Waals surface area contributed by atoms with Gasteiger partial charge >= 0.3 is 0 Å². The Labute approximate surface area is 106 Å². The van der Waals surface area contributed by atoms with Crippen LogP contribution in [0, 0.1) is 11.3 Å². The molecule has 0 aliphatic heterocycles. The van der Waals surface area contributed by atoms with Gasteiger partial charge in [-0.3, -0.25) is 4.99 Å². The van der Waals surface area contributed by atoms with Crippen LogP contribution in [0.5, 0.6) is 0 Å². The van der Waals surface area contributed by atoms with Crippen molar-refractivity contribution in [2.75, 3.05) is 20.1 Å². The lowest BCUT2D eigenvalue weighted by Crippen LogP contribution is -2.47. The first-order valence-corrected chi connectivity index (χ1v) is 7.06. The smallest absolute Gasteiger partial charge is 0.190 e. The van der Waals surface area contributed by atoms with Crippen LogP contribution in [-0.2, 0) is 0 Å². The molecule has 0 radical (unpaired) electrons. The fourth-order valence-electron chi connectivity index (χ4n) is 2.73. The van der Waals surface area contributed by atoms with Crippen LogP contribution in [0.1, 0.15) is 52.9 Å². The van der Waals surface area contributed by atoms with E-state index >= 15 is 0 Å². The third-order valence-electron chi connectivity index (χ3n) is 3.65. The zero-order valence-corrected chi connectivity index (χ0v) is 12.0. The first-order chi connectivity index (χ1) is 8.12. The average molecular weight is 239 g/mol. The largest absolute Gasteiger partial charge is 0.356 e. The molecular formula is C14H29N3. The van der Waals surface area contributed by atoms with Crippen molar-refractivity contribution in [3.05, 3.63) is 0 Å². The van der Waals surface area contributed by atoms with Crippen molar-refractivity contribution in [2.45, 2.75) is 52.9 Å². The van der Waals surface area contributed by atoms with Gasteiger partial charge in [0.2, 0.25) is 0 Å². The van der Waals surface area contributed by atoms with Crippen LogP contribution in [0.15, 0.2) is 4.99 Å². The summed E-state index contributed by atoms with van der Waals surface area (Å²) in [4.78, 5) is 4.26. The SMILES string of the molecule is CCCNC(=NC)NCC1(CC(C)C)CCC1. The Bertz CT molecular complexity index is 242. The quantitative estimate of drug-likeness (QED) is 0.552. The van der Waals surface area contributed by atoms with Crippen molar-refractivity contribution in [1.29, 1.82) is 0 Å². The molecule has 1 fully saturated rings. The molecule has 1 saturated carbocycles. The second-order valence-electron chi connectivity index (χ2n) is 5.80. The number of rotatable bonds is 6. The predicted molar refractivity (Wildman–Crippen MR) is 75.4 cm³/mol. The number of hydrogen-bond acceptors (Lipinski definition) is 1. The van der Waals surface area contributed by atoms with Crippen molar-refractivity contribution < 1.29 is 0 Å². The van der Waals surface area contributed by atoms with Crippen LogP contribution in [0.2, 0.25) is 0 Å². The van der Waals surface area contributed by atoms with E-state index in [1.807, 2.05) is 7.05 Å². The standard InChI is InChI=1S/C14H29N3/c1-5-9-16-13(15-4)17-11-14(7-6-8-14)10-12(2)3/h12H,5-11H2,1-4H3,(H2,15,16,17). The third-order valence-corrected chi connectivity index (χ3v) is 3.65. The maximum atomic E-state index is 4.26. The molecule has 1 aliphatic rings. The molecule has 3 heteroatoms. The maximum absolute atomic E-state index is 4.26. The van der Waals surface area contributed by atoms with Crippen molar-refractivity contribution in [1.82, 2.24) is 10.6 Å². The van der Waals surface area contributed by atoms with E-state index in [0.29, 0.717) is 5.41 Å². The Morgan fingerprint density at radius 2 is 2.00 bits per heavy atom. The van der Waals surface area contributed by atoms with Gasteiger partial charge in [-0.2, -0.15) is 0 Å². The summed E-state index contributed by atoms with van der Waals surface area (Å²) in [6.07, 6.45) is 6.63. The summed E-state index contributed by atoms with van der Waals surface area (Å²) in [5, 5.41) is 6.82. The fraction of sp³-hybridized carbons (Fsp3) is 0.929. The molecule has 100 valence electrons. The van der Waals surface area contributed by atoms with E-state index in [2.05, 4.69) is 36.4 Å². The van der Waals surface area contributed by atoms with Gasteiger partial charge in [0.1, 0.15) is 0 Å². The van der Waals surface area contributed by atoms with Gasteiger partial charge in [-0.05, 0) is 37.0 Å². The number of nitrogens with zero attached hydrogens (tertiary/aromatic N) is 1. The van der Waals surface area contributed by atoms with Gasteiger partial charge in [0, 0.05) is 20.1 Å². The van der Waals surface area contributed by atoms with E-state index in [1.165, 1.54) is 25.7 Å². The molecule has 1 rings (SSSR count). The van der Waals surface area contributed by atoms with E-state index in [1.54, 1.807) is 0 Å². The zero-order chi connectivity index (χ0) is 12.7. The van der Waals surface area contributed by atoms with Gasteiger partial charge in [0.25, 0.3) is 0 Å². The van der Waals surface area contributed by atoms with Crippen LogP contribution >= 0.6 is 0 Å². The predicted octanol–water partition coefficient (Wildman–Crippen LogP) is 2.78. The van der Waals surface area contributed by atoms with Crippen molar-refractivity contribution in [2.24, 2.45) is 16.3 Å². The van der Waals surface area contributed by atoms with Crippen molar-refractivity contribution >= 4 is 5.96 Å². The average Bonchev–Trinajstić information content (AvgIpc) is 2.25. The van der Waals surface area contributed by atoms with E-state index in [0.717, 1.165) is 31.4 Å². The highest BCUT2D eigenvalue weighted by atomic mass is 15.2. The molecule has 0 atom stereocenters. The monoisotopic (exact) mass is 239 g/mol. The Morgan fingerprint density at radius 1 is 1.29 bits per heavy atom. The molecule has 0 spiro atoms. The number of aliphatic imine (C=N–C) groups is 1. The highest BCUT2D eigenvalue weighted by molar-refractivity contribution is 5.79. The summed E-state index contributed by atoms with van der Waals surface area (Å²) in [6.45, 7) is 8.90. The molecule has 3 nitrogen and oxygen atoms in total. The van der Waals surface area contributed by atoms with Gasteiger partial charge in [0.15, 0.2) is 5.96 Å². The second kappa shape index (κ2) is 6.87. The minimum absolute atomic E-state index is 0.540. The normalized spacial score (nSPS) is 19.0. The van der Waals surface area contributed by atoms with Gasteiger partial charge in [0.05, 0.1) is 0 Å². The number of guanidine groups is 1. The van der Waals surface area contributed by atoms with E-state index < -0.39 is 0 Å². The molecule has 2 N–H and O–H groups in total. The molecule has 0 unspecified atom stereocenters. The second-order valence-corrected chi connectivity index (χ2v) is 5.80. The van der Waals surface area contributed by atoms with Crippen LogP contribution in [0.25, 0.3) is 0 Å². The van der Waals surface area contributed by atoms with Crippen LogP contribution in [0.4, 0.5) is 0 Å². The molecule has 0 aromatic rings. The highest BCUT2D eigenvalue weighted by Crippen LogP contribution is 2.45. The maximum Gasteiger partial charge on any atom is 0.190 e. The van der Waals surface area contributed by atoms with Crippen LogP contribution in [-0.4, -0.2) is 26.1 Å². The highest BCUT2D eigenvalue weighted by Gasteiger charge is 2.37. The lowest BCUT2D eigenvalue weighted by molar-refractivity contribution is 0.104.